The molecule has 18 heavy (non-hydrogen) atoms. The molecule has 0 atom stereocenters. The van der Waals surface area contributed by atoms with Crippen molar-refractivity contribution in [1.29, 1.82) is 0 Å². The molecule has 2 aromatic rings. The first-order chi connectivity index (χ1) is 8.49. The lowest BCUT2D eigenvalue weighted by Crippen LogP contribution is -2.14. The Morgan fingerprint density at radius 1 is 1.56 bits per heavy atom. The number of hydrogen-bond acceptors (Lipinski definition) is 5. The topological polar surface area (TPSA) is 81.9 Å². The second-order valence-corrected chi connectivity index (χ2v) is 4.52. The van der Waals surface area contributed by atoms with Crippen molar-refractivity contribution >= 4 is 23.0 Å². The summed E-state index contributed by atoms with van der Waals surface area (Å²) >= 11 is 5.04. The van der Waals surface area contributed by atoms with Gasteiger partial charge in [0.15, 0.2) is 0 Å². The Morgan fingerprint density at radius 2 is 2.28 bits per heavy atom. The molecular formula is C11H15N5OS. The van der Waals surface area contributed by atoms with Gasteiger partial charge in [-0.1, -0.05) is 17.4 Å². The predicted octanol–water partition coefficient (Wildman–Crippen LogP) is 1.27. The average Bonchev–Trinajstić information content (AvgIpc) is 2.79. The van der Waals surface area contributed by atoms with Gasteiger partial charge in [0, 0.05) is 13.1 Å². The van der Waals surface area contributed by atoms with E-state index in [0.717, 1.165) is 28.5 Å². The van der Waals surface area contributed by atoms with Gasteiger partial charge in [-0.05, 0) is 13.8 Å². The fourth-order valence-electron chi connectivity index (χ4n) is 1.83. The summed E-state index contributed by atoms with van der Waals surface area (Å²) in [6.45, 7) is 4.26. The van der Waals surface area contributed by atoms with Gasteiger partial charge in [-0.2, -0.15) is 5.10 Å². The van der Waals surface area contributed by atoms with Gasteiger partial charge in [-0.3, -0.25) is 4.68 Å². The molecule has 0 unspecified atom stereocenters. The number of nitrogens with two attached hydrogens (primary N) is 1. The molecule has 6 nitrogen and oxygen atoms in total. The highest BCUT2D eigenvalue weighted by Gasteiger charge is 2.15. The standard InChI is InChI=1S/C11H15N5OS/c1-6-4-8(15-17-6)5-13-11-9(10(12)18)7(2)14-16(11)3/h4,13H,5H2,1-3H3,(H2,12,18). The summed E-state index contributed by atoms with van der Waals surface area (Å²) in [6.07, 6.45) is 0. The third-order valence-corrected chi connectivity index (χ3v) is 2.79. The van der Waals surface area contributed by atoms with E-state index in [-0.39, 0.29) is 0 Å². The van der Waals surface area contributed by atoms with Gasteiger partial charge in [0.25, 0.3) is 0 Å². The Hall–Kier alpha value is -1.89. The number of hydrogen-bond donors (Lipinski definition) is 2. The van der Waals surface area contributed by atoms with Crippen LogP contribution in [0.3, 0.4) is 0 Å². The Kier molecular flexibility index (Phi) is 3.33. The zero-order valence-corrected chi connectivity index (χ0v) is 11.3. The van der Waals surface area contributed by atoms with Gasteiger partial charge in [0.2, 0.25) is 0 Å². The highest BCUT2D eigenvalue weighted by atomic mass is 32.1. The van der Waals surface area contributed by atoms with E-state index in [2.05, 4.69) is 15.6 Å². The first kappa shape index (κ1) is 12.6. The summed E-state index contributed by atoms with van der Waals surface area (Å²) in [7, 11) is 1.84. The van der Waals surface area contributed by atoms with E-state index in [0.29, 0.717) is 11.5 Å². The maximum atomic E-state index is 5.71. The lowest BCUT2D eigenvalue weighted by atomic mass is 10.2. The molecule has 0 aromatic carbocycles. The molecule has 0 fully saturated rings. The third kappa shape index (κ3) is 2.35. The molecule has 0 aliphatic carbocycles. The maximum Gasteiger partial charge on any atom is 0.134 e. The first-order valence-corrected chi connectivity index (χ1v) is 5.89. The molecule has 0 radical (unpaired) electrons. The van der Waals surface area contributed by atoms with Crippen molar-refractivity contribution in [3.8, 4) is 0 Å². The van der Waals surface area contributed by atoms with Gasteiger partial charge >= 0.3 is 0 Å². The normalized spacial score (nSPS) is 10.6. The SMILES string of the molecule is Cc1cc(CNc2c(C(N)=S)c(C)nn2C)no1. The molecule has 0 spiro atoms. The minimum absolute atomic E-state index is 0.333. The maximum absolute atomic E-state index is 5.71. The Bertz CT molecular complexity index is 586. The van der Waals surface area contributed by atoms with E-state index >= 15 is 0 Å². The van der Waals surface area contributed by atoms with E-state index in [1.165, 1.54) is 0 Å². The van der Waals surface area contributed by atoms with Crippen LogP contribution in [0.4, 0.5) is 5.82 Å². The fourth-order valence-corrected chi connectivity index (χ4v) is 2.08. The molecule has 96 valence electrons. The molecule has 0 amide bonds. The van der Waals surface area contributed by atoms with Crippen molar-refractivity contribution in [2.45, 2.75) is 20.4 Å². The van der Waals surface area contributed by atoms with Crippen molar-refractivity contribution in [2.24, 2.45) is 12.8 Å². The van der Waals surface area contributed by atoms with Crippen molar-refractivity contribution in [2.75, 3.05) is 5.32 Å². The summed E-state index contributed by atoms with van der Waals surface area (Å²) in [6, 6.07) is 1.87. The minimum atomic E-state index is 0.333. The highest BCUT2D eigenvalue weighted by molar-refractivity contribution is 7.80. The molecule has 3 N–H and O–H groups in total. The molecular weight excluding hydrogens is 250 g/mol. The van der Waals surface area contributed by atoms with E-state index in [9.17, 15) is 0 Å². The molecule has 0 saturated heterocycles. The largest absolute Gasteiger partial charge is 0.389 e. The molecule has 0 aliphatic rings. The van der Waals surface area contributed by atoms with Gasteiger partial charge in [-0.15, -0.1) is 0 Å². The fraction of sp³-hybridized carbons (Fsp3) is 0.364. The summed E-state index contributed by atoms with van der Waals surface area (Å²) < 4.78 is 6.72. The average molecular weight is 265 g/mol. The van der Waals surface area contributed by atoms with Crippen LogP contribution in [0.1, 0.15) is 22.7 Å². The zero-order chi connectivity index (χ0) is 13.3. The van der Waals surface area contributed by atoms with Crippen LogP contribution in [0.15, 0.2) is 10.6 Å². The summed E-state index contributed by atoms with van der Waals surface area (Å²) in [4.78, 5) is 0.333. The van der Waals surface area contributed by atoms with E-state index < -0.39 is 0 Å². The molecule has 2 aromatic heterocycles. The van der Waals surface area contributed by atoms with E-state index in [1.54, 1.807) is 4.68 Å². The zero-order valence-electron chi connectivity index (χ0n) is 10.5. The van der Waals surface area contributed by atoms with Crippen LogP contribution < -0.4 is 11.1 Å². The summed E-state index contributed by atoms with van der Waals surface area (Å²) in [5, 5.41) is 11.4. The van der Waals surface area contributed by atoms with Crippen molar-refractivity contribution in [3.05, 3.63) is 28.8 Å². The van der Waals surface area contributed by atoms with Crippen molar-refractivity contribution in [1.82, 2.24) is 14.9 Å². The van der Waals surface area contributed by atoms with Gasteiger partial charge in [0.1, 0.15) is 22.3 Å². The van der Waals surface area contributed by atoms with Crippen LogP contribution in [0.5, 0.6) is 0 Å². The minimum Gasteiger partial charge on any atom is -0.389 e. The van der Waals surface area contributed by atoms with Crippen LogP contribution in [0.25, 0.3) is 0 Å². The van der Waals surface area contributed by atoms with Gasteiger partial charge in [0.05, 0.1) is 17.8 Å². The first-order valence-electron chi connectivity index (χ1n) is 5.48. The lowest BCUT2D eigenvalue weighted by Gasteiger charge is -2.07. The smallest absolute Gasteiger partial charge is 0.134 e. The lowest BCUT2D eigenvalue weighted by molar-refractivity contribution is 0.391. The monoisotopic (exact) mass is 265 g/mol. The second-order valence-electron chi connectivity index (χ2n) is 4.08. The number of anilines is 1. The molecule has 0 bridgehead atoms. The third-order valence-electron chi connectivity index (χ3n) is 2.58. The quantitative estimate of drug-likeness (QED) is 0.810. The Morgan fingerprint density at radius 3 is 2.83 bits per heavy atom. The molecule has 2 rings (SSSR count). The second kappa shape index (κ2) is 4.77. The number of rotatable bonds is 4. The summed E-state index contributed by atoms with van der Waals surface area (Å²) in [5.41, 5.74) is 8.11. The van der Waals surface area contributed by atoms with Gasteiger partial charge in [-0.25, -0.2) is 0 Å². The van der Waals surface area contributed by atoms with Crippen LogP contribution in [-0.2, 0) is 13.6 Å². The predicted molar refractivity (Wildman–Crippen MR) is 72.4 cm³/mol. The van der Waals surface area contributed by atoms with Crippen LogP contribution >= 0.6 is 12.2 Å². The van der Waals surface area contributed by atoms with Crippen LogP contribution in [0.2, 0.25) is 0 Å². The van der Waals surface area contributed by atoms with Crippen LogP contribution in [-0.4, -0.2) is 19.9 Å². The Labute approximate surface area is 110 Å². The van der Waals surface area contributed by atoms with Gasteiger partial charge < -0.3 is 15.6 Å². The molecule has 2 heterocycles. The van der Waals surface area contributed by atoms with Crippen LogP contribution in [0, 0.1) is 13.8 Å². The molecule has 0 saturated carbocycles. The number of aromatic nitrogens is 3. The number of thiocarbonyl (C=S) groups is 1. The van der Waals surface area contributed by atoms with E-state index in [4.69, 9.17) is 22.5 Å². The van der Waals surface area contributed by atoms with Crippen molar-refractivity contribution in [3.63, 3.8) is 0 Å². The number of aryl methyl sites for hydroxylation is 3. The molecule has 0 aliphatic heterocycles. The number of nitrogens with one attached hydrogen (secondary N) is 1. The van der Waals surface area contributed by atoms with Crippen molar-refractivity contribution < 1.29 is 4.52 Å². The molecule has 7 heteroatoms. The Balaban J connectivity index is 2.21. The highest BCUT2D eigenvalue weighted by Crippen LogP contribution is 2.19. The summed E-state index contributed by atoms with van der Waals surface area (Å²) in [5.74, 6) is 1.57. The van der Waals surface area contributed by atoms with E-state index in [1.807, 2.05) is 27.0 Å². The number of nitrogens with zero attached hydrogens (tertiary/aromatic N) is 3.